The van der Waals surface area contributed by atoms with Gasteiger partial charge in [0.25, 0.3) is 0 Å². The minimum atomic E-state index is -0.159. The van der Waals surface area contributed by atoms with E-state index in [0.29, 0.717) is 24.1 Å². The lowest BCUT2D eigenvalue weighted by atomic mass is 9.76. The molecule has 0 radical (unpaired) electrons. The van der Waals surface area contributed by atoms with E-state index in [1.165, 1.54) is 12.8 Å². The van der Waals surface area contributed by atoms with Crippen molar-refractivity contribution in [2.24, 2.45) is 17.3 Å². The molecule has 0 aromatic carbocycles. The van der Waals surface area contributed by atoms with Gasteiger partial charge in [0.15, 0.2) is 0 Å². The van der Waals surface area contributed by atoms with Gasteiger partial charge < -0.3 is 5.32 Å². The molecule has 0 heterocycles. The third-order valence-electron chi connectivity index (χ3n) is 4.72. The molecule has 1 N–H and O–H groups in total. The van der Waals surface area contributed by atoms with Crippen molar-refractivity contribution in [3.63, 3.8) is 0 Å². The van der Waals surface area contributed by atoms with Crippen molar-refractivity contribution in [2.45, 2.75) is 72.3 Å². The number of carbonyl (C=O) groups is 1. The summed E-state index contributed by atoms with van der Waals surface area (Å²) in [6.45, 7) is 11.0. The van der Waals surface area contributed by atoms with Crippen LogP contribution < -0.4 is 5.32 Å². The van der Waals surface area contributed by atoms with Crippen molar-refractivity contribution in [1.82, 2.24) is 5.32 Å². The van der Waals surface area contributed by atoms with Crippen LogP contribution in [0.15, 0.2) is 0 Å². The van der Waals surface area contributed by atoms with Gasteiger partial charge >= 0.3 is 0 Å². The molecular formula is C16H30ClNO. The quantitative estimate of drug-likeness (QED) is 0.765. The second-order valence-electron chi connectivity index (χ2n) is 7.63. The van der Waals surface area contributed by atoms with Crippen LogP contribution in [0.5, 0.6) is 0 Å². The molecule has 3 unspecified atom stereocenters. The molecule has 1 rings (SSSR count). The van der Waals surface area contributed by atoms with E-state index in [2.05, 4.69) is 39.9 Å². The number of hydrogen-bond acceptors (Lipinski definition) is 1. The van der Waals surface area contributed by atoms with Gasteiger partial charge in [0.05, 0.1) is 5.54 Å². The summed E-state index contributed by atoms with van der Waals surface area (Å²) in [5.41, 5.74) is 0.0131. The Hall–Kier alpha value is -0.240. The van der Waals surface area contributed by atoms with Gasteiger partial charge in [-0.3, -0.25) is 4.79 Å². The SMILES string of the molecule is CC1CCCC(CCl)(NC(=O)CC(C)C(C)(C)C)C1. The molecule has 1 fully saturated rings. The summed E-state index contributed by atoms with van der Waals surface area (Å²) in [4.78, 5) is 12.3. The van der Waals surface area contributed by atoms with Crippen LogP contribution in [-0.4, -0.2) is 17.3 Å². The van der Waals surface area contributed by atoms with Crippen molar-refractivity contribution < 1.29 is 4.79 Å². The summed E-state index contributed by atoms with van der Waals surface area (Å²) >= 11 is 6.16. The van der Waals surface area contributed by atoms with E-state index in [9.17, 15) is 4.79 Å². The molecular weight excluding hydrogens is 258 g/mol. The average molecular weight is 288 g/mol. The molecule has 0 saturated heterocycles. The summed E-state index contributed by atoms with van der Waals surface area (Å²) in [5.74, 6) is 1.73. The van der Waals surface area contributed by atoms with Crippen LogP contribution in [0.3, 0.4) is 0 Å². The fourth-order valence-electron chi connectivity index (χ4n) is 2.86. The molecule has 0 aliphatic heterocycles. The van der Waals surface area contributed by atoms with Crippen molar-refractivity contribution in [3.05, 3.63) is 0 Å². The lowest BCUT2D eigenvalue weighted by molar-refractivity contribution is -0.125. The highest BCUT2D eigenvalue weighted by molar-refractivity contribution is 6.18. The second kappa shape index (κ2) is 6.47. The summed E-state index contributed by atoms with van der Waals surface area (Å²) in [7, 11) is 0. The molecule has 112 valence electrons. The first-order valence-electron chi connectivity index (χ1n) is 7.55. The van der Waals surface area contributed by atoms with Crippen LogP contribution in [0, 0.1) is 17.3 Å². The standard InChI is InChI=1S/C16H30ClNO/c1-12-7-6-8-16(10-12,11-17)18-14(19)9-13(2)15(3,4)5/h12-13H,6-11H2,1-5H3,(H,18,19). The van der Waals surface area contributed by atoms with Crippen molar-refractivity contribution in [2.75, 3.05) is 5.88 Å². The van der Waals surface area contributed by atoms with E-state index in [0.717, 1.165) is 12.8 Å². The van der Waals surface area contributed by atoms with E-state index >= 15 is 0 Å². The highest BCUT2D eigenvalue weighted by atomic mass is 35.5. The molecule has 0 aromatic heterocycles. The van der Waals surface area contributed by atoms with Gasteiger partial charge in [-0.1, -0.05) is 47.5 Å². The fourth-order valence-corrected chi connectivity index (χ4v) is 3.17. The Morgan fingerprint density at radius 3 is 2.58 bits per heavy atom. The molecule has 1 saturated carbocycles. The monoisotopic (exact) mass is 287 g/mol. The first kappa shape index (κ1) is 16.8. The number of nitrogens with one attached hydrogen (secondary N) is 1. The molecule has 0 spiro atoms. The lowest BCUT2D eigenvalue weighted by Crippen LogP contribution is -2.53. The van der Waals surface area contributed by atoms with E-state index < -0.39 is 0 Å². The fraction of sp³-hybridized carbons (Fsp3) is 0.938. The molecule has 1 amide bonds. The summed E-state index contributed by atoms with van der Waals surface area (Å²) in [6.07, 6.45) is 5.06. The van der Waals surface area contributed by atoms with Crippen molar-refractivity contribution in [1.29, 1.82) is 0 Å². The summed E-state index contributed by atoms with van der Waals surface area (Å²) < 4.78 is 0. The van der Waals surface area contributed by atoms with Crippen LogP contribution in [0.25, 0.3) is 0 Å². The zero-order chi connectivity index (χ0) is 14.7. The van der Waals surface area contributed by atoms with Crippen LogP contribution in [0.4, 0.5) is 0 Å². The lowest BCUT2D eigenvalue weighted by Gasteiger charge is -2.40. The van der Waals surface area contributed by atoms with Crippen molar-refractivity contribution >= 4 is 17.5 Å². The van der Waals surface area contributed by atoms with E-state index in [1.54, 1.807) is 0 Å². The normalized spacial score (nSPS) is 29.9. The molecule has 19 heavy (non-hydrogen) atoms. The van der Waals surface area contributed by atoms with Gasteiger partial charge in [0.2, 0.25) is 5.91 Å². The second-order valence-corrected chi connectivity index (χ2v) is 7.90. The molecule has 1 aliphatic rings. The van der Waals surface area contributed by atoms with Crippen LogP contribution >= 0.6 is 11.6 Å². The van der Waals surface area contributed by atoms with Gasteiger partial charge in [0.1, 0.15) is 0 Å². The molecule has 3 atom stereocenters. The Kier molecular flexibility index (Phi) is 5.73. The predicted octanol–water partition coefficient (Wildman–Crippen LogP) is 4.36. The molecule has 0 bridgehead atoms. The number of hydrogen-bond donors (Lipinski definition) is 1. The van der Waals surface area contributed by atoms with Crippen molar-refractivity contribution in [3.8, 4) is 0 Å². The topological polar surface area (TPSA) is 29.1 Å². The molecule has 2 nitrogen and oxygen atoms in total. The Morgan fingerprint density at radius 1 is 1.47 bits per heavy atom. The first-order chi connectivity index (χ1) is 8.68. The maximum Gasteiger partial charge on any atom is 0.220 e. The Morgan fingerprint density at radius 2 is 2.11 bits per heavy atom. The minimum absolute atomic E-state index is 0.159. The van der Waals surface area contributed by atoms with E-state index in [1.807, 2.05) is 0 Å². The van der Waals surface area contributed by atoms with Crippen LogP contribution in [0.1, 0.15) is 66.7 Å². The Bertz CT molecular complexity index is 310. The number of rotatable bonds is 4. The number of carbonyl (C=O) groups excluding carboxylic acids is 1. The summed E-state index contributed by atoms with van der Waals surface area (Å²) in [5, 5.41) is 3.24. The molecule has 1 aliphatic carbocycles. The van der Waals surface area contributed by atoms with Gasteiger partial charge in [0, 0.05) is 12.3 Å². The molecule has 0 aromatic rings. The van der Waals surface area contributed by atoms with Crippen LogP contribution in [0.2, 0.25) is 0 Å². The third-order valence-corrected chi connectivity index (χ3v) is 5.23. The Balaban J connectivity index is 2.58. The van der Waals surface area contributed by atoms with Gasteiger partial charge in [-0.05, 0) is 30.1 Å². The van der Waals surface area contributed by atoms with Gasteiger partial charge in [-0.2, -0.15) is 0 Å². The minimum Gasteiger partial charge on any atom is -0.349 e. The van der Waals surface area contributed by atoms with Gasteiger partial charge in [-0.25, -0.2) is 0 Å². The Labute approximate surface area is 123 Å². The highest BCUT2D eigenvalue weighted by Gasteiger charge is 2.36. The zero-order valence-corrected chi connectivity index (χ0v) is 13.9. The number of amides is 1. The maximum absolute atomic E-state index is 12.3. The largest absolute Gasteiger partial charge is 0.349 e. The van der Waals surface area contributed by atoms with Gasteiger partial charge in [-0.15, -0.1) is 11.6 Å². The van der Waals surface area contributed by atoms with Crippen LogP contribution in [-0.2, 0) is 4.79 Å². The first-order valence-corrected chi connectivity index (χ1v) is 8.09. The smallest absolute Gasteiger partial charge is 0.220 e. The van der Waals surface area contributed by atoms with E-state index in [-0.39, 0.29) is 16.9 Å². The average Bonchev–Trinajstić information content (AvgIpc) is 2.27. The third kappa shape index (κ3) is 4.98. The highest BCUT2D eigenvalue weighted by Crippen LogP contribution is 2.34. The zero-order valence-electron chi connectivity index (χ0n) is 13.2. The number of alkyl halides is 1. The maximum atomic E-state index is 12.3. The molecule has 3 heteroatoms. The number of halogens is 1. The van der Waals surface area contributed by atoms with E-state index in [4.69, 9.17) is 11.6 Å². The predicted molar refractivity (Wildman–Crippen MR) is 82.5 cm³/mol. The summed E-state index contributed by atoms with van der Waals surface area (Å²) in [6, 6.07) is 0.